The van der Waals surface area contributed by atoms with Crippen molar-refractivity contribution in [3.05, 3.63) is 87.6 Å². The fraction of sp³-hybridized carbons (Fsp3) is 0.400. The van der Waals surface area contributed by atoms with Gasteiger partial charge in [0.2, 0.25) is 5.75 Å². The van der Waals surface area contributed by atoms with Crippen LogP contribution in [0.5, 0.6) is 11.5 Å². The summed E-state index contributed by atoms with van der Waals surface area (Å²) in [6.07, 6.45) is 1.87. The van der Waals surface area contributed by atoms with Crippen molar-refractivity contribution in [1.82, 2.24) is 4.90 Å². The van der Waals surface area contributed by atoms with Crippen LogP contribution in [0, 0.1) is 31.1 Å². The van der Waals surface area contributed by atoms with Gasteiger partial charge in [0.25, 0.3) is 5.69 Å². The number of nitro groups is 2. The van der Waals surface area contributed by atoms with E-state index in [-0.39, 0.29) is 33.9 Å². The first-order valence-corrected chi connectivity index (χ1v) is 14.9. The van der Waals surface area contributed by atoms with Gasteiger partial charge < -0.3 is 9.64 Å². The summed E-state index contributed by atoms with van der Waals surface area (Å²) < 4.78 is 7.27. The number of halogens is 2. The van der Waals surface area contributed by atoms with Crippen LogP contribution in [0.4, 0.5) is 11.4 Å². The number of ether oxygens (including phenoxy) is 1. The van der Waals surface area contributed by atoms with Crippen LogP contribution in [-0.4, -0.2) is 33.4 Å². The second kappa shape index (κ2) is 10.4. The van der Waals surface area contributed by atoms with E-state index in [1.807, 2.05) is 11.9 Å². The van der Waals surface area contributed by atoms with Crippen LogP contribution in [0.1, 0.15) is 64.9 Å². The molecule has 10 nitrogen and oxygen atoms in total. The van der Waals surface area contributed by atoms with Crippen LogP contribution in [0.25, 0.3) is 0 Å². The summed E-state index contributed by atoms with van der Waals surface area (Å²) in [7, 11) is 1.92. The lowest BCUT2D eigenvalue weighted by atomic mass is 9.63. The van der Waals surface area contributed by atoms with E-state index in [2.05, 4.69) is 59.6 Å². The summed E-state index contributed by atoms with van der Waals surface area (Å²) >= 11 is 7.07. The van der Waals surface area contributed by atoms with Crippen LogP contribution < -0.4 is 4.74 Å². The molecule has 2 aromatic carbocycles. The van der Waals surface area contributed by atoms with Crippen LogP contribution >= 0.6 is 31.9 Å². The van der Waals surface area contributed by atoms with Gasteiger partial charge in [0, 0.05) is 64.5 Å². The third-order valence-electron chi connectivity index (χ3n) is 8.09. The highest BCUT2D eigenvalue weighted by atomic mass is 79.9. The average Bonchev–Trinajstić information content (AvgIpc) is 2.85. The lowest BCUT2D eigenvalue weighted by Crippen LogP contribution is -2.43. The molecular formula is C30H29Br2N3O7. The van der Waals surface area contributed by atoms with Crippen molar-refractivity contribution >= 4 is 54.8 Å². The third kappa shape index (κ3) is 5.30. The molecule has 0 amide bonds. The monoisotopic (exact) mass is 701 g/mol. The Balaban J connectivity index is 1.78. The third-order valence-corrected chi connectivity index (χ3v) is 9.14. The molecule has 220 valence electrons. The maximum absolute atomic E-state index is 13.9. The van der Waals surface area contributed by atoms with Crippen molar-refractivity contribution in [2.45, 2.75) is 59.3 Å². The molecule has 0 saturated heterocycles. The molecule has 0 spiro atoms. The number of non-ortho nitro benzene ring substituents is 1. The van der Waals surface area contributed by atoms with E-state index in [0.29, 0.717) is 51.3 Å². The minimum atomic E-state index is -0.765. The van der Waals surface area contributed by atoms with Gasteiger partial charge in [-0.3, -0.25) is 29.8 Å². The Morgan fingerprint density at radius 1 is 0.857 bits per heavy atom. The normalized spacial score (nSPS) is 19.9. The Hall–Kier alpha value is -3.38. The number of carbonyl (C=O) groups is 2. The van der Waals surface area contributed by atoms with Crippen molar-refractivity contribution in [2.75, 3.05) is 7.05 Å². The molecule has 1 aliphatic heterocycles. The van der Waals surface area contributed by atoms with Gasteiger partial charge in [-0.2, -0.15) is 0 Å². The Bertz CT molecular complexity index is 1600. The molecule has 12 heteroatoms. The summed E-state index contributed by atoms with van der Waals surface area (Å²) in [6.45, 7) is 8.20. The zero-order valence-corrected chi connectivity index (χ0v) is 26.9. The number of Topliss-reactive ketones (excluding diaryl/α,β-unsaturated/α-hetero) is 2. The molecule has 42 heavy (non-hydrogen) atoms. The number of allylic oxidation sites excluding steroid dienone is 4. The van der Waals surface area contributed by atoms with Gasteiger partial charge in [0.1, 0.15) is 5.75 Å². The number of hydrogen-bond acceptors (Lipinski definition) is 8. The number of hydrogen-bond donors (Lipinski definition) is 0. The molecular weight excluding hydrogens is 674 g/mol. The van der Waals surface area contributed by atoms with E-state index < -0.39 is 27.1 Å². The maximum Gasteiger partial charge on any atom is 0.318 e. The second-order valence-corrected chi connectivity index (χ2v) is 14.4. The Labute approximate surface area is 259 Å². The van der Waals surface area contributed by atoms with Crippen molar-refractivity contribution in [3.63, 3.8) is 0 Å². The zero-order valence-electron chi connectivity index (χ0n) is 23.7. The molecule has 0 atom stereocenters. The average molecular weight is 703 g/mol. The molecule has 0 radical (unpaired) electrons. The lowest BCUT2D eigenvalue weighted by molar-refractivity contribution is -0.394. The van der Waals surface area contributed by atoms with Gasteiger partial charge in [-0.05, 0) is 57.8 Å². The molecule has 2 aliphatic carbocycles. The first kappa shape index (κ1) is 30.1. The van der Waals surface area contributed by atoms with Crippen LogP contribution in [0.15, 0.2) is 61.8 Å². The molecule has 3 aliphatic rings. The van der Waals surface area contributed by atoms with Crippen LogP contribution in [0.2, 0.25) is 0 Å². The minimum absolute atomic E-state index is 0.0642. The molecule has 1 heterocycles. The number of rotatable bonds is 5. The number of nitro benzene ring substituents is 2. The Kier molecular flexibility index (Phi) is 7.46. The van der Waals surface area contributed by atoms with E-state index in [9.17, 15) is 29.8 Å². The highest BCUT2D eigenvalue weighted by Gasteiger charge is 2.49. The molecule has 5 rings (SSSR count). The summed E-state index contributed by atoms with van der Waals surface area (Å²) in [6, 6.07) is 6.63. The Morgan fingerprint density at radius 3 is 1.90 bits per heavy atom. The molecule has 0 unspecified atom stereocenters. The van der Waals surface area contributed by atoms with Gasteiger partial charge in [-0.25, -0.2) is 0 Å². The smallest absolute Gasteiger partial charge is 0.318 e. The van der Waals surface area contributed by atoms with E-state index >= 15 is 0 Å². The predicted octanol–water partition coefficient (Wildman–Crippen LogP) is 8.14. The summed E-state index contributed by atoms with van der Waals surface area (Å²) in [5.41, 5.74) is 1.65. The van der Waals surface area contributed by atoms with Crippen molar-refractivity contribution in [1.29, 1.82) is 0 Å². The zero-order chi connectivity index (χ0) is 30.9. The second-order valence-electron chi connectivity index (χ2n) is 12.7. The maximum atomic E-state index is 13.9. The van der Waals surface area contributed by atoms with Gasteiger partial charge >= 0.3 is 5.69 Å². The number of nitrogens with zero attached hydrogens (tertiary/aromatic N) is 3. The molecule has 2 aromatic rings. The molecule has 0 bridgehead atoms. The summed E-state index contributed by atoms with van der Waals surface area (Å²) in [5.74, 6) is -0.923. The molecule has 0 N–H and O–H groups in total. The standard InChI is InChI=1S/C30H29Br2N3O7/c1-29(2)11-20-26(22(36)13-29)25(27-21(33(20)5)12-30(3,4)14-23(27)37)17-8-15(31)9-18(32)28(17)42-24-7-6-16(34(38)39)10-19(24)35(40)41/h6-10,25H,11-14H2,1-5H3. The van der Waals surface area contributed by atoms with Crippen LogP contribution in [0.3, 0.4) is 0 Å². The van der Waals surface area contributed by atoms with Gasteiger partial charge in [-0.1, -0.05) is 43.6 Å². The first-order chi connectivity index (χ1) is 19.5. The van der Waals surface area contributed by atoms with Crippen LogP contribution in [-0.2, 0) is 9.59 Å². The van der Waals surface area contributed by atoms with E-state index in [0.717, 1.165) is 23.5 Å². The molecule has 0 saturated carbocycles. The highest BCUT2D eigenvalue weighted by Crippen LogP contribution is 2.56. The van der Waals surface area contributed by atoms with Gasteiger partial charge in [0.05, 0.1) is 20.4 Å². The summed E-state index contributed by atoms with van der Waals surface area (Å²) in [4.78, 5) is 51.6. The van der Waals surface area contributed by atoms with E-state index in [4.69, 9.17) is 4.74 Å². The predicted molar refractivity (Wildman–Crippen MR) is 162 cm³/mol. The number of benzene rings is 2. The quantitative estimate of drug-likeness (QED) is 0.225. The van der Waals surface area contributed by atoms with Gasteiger partial charge in [-0.15, -0.1) is 0 Å². The van der Waals surface area contributed by atoms with Crippen molar-refractivity contribution in [3.8, 4) is 11.5 Å². The van der Waals surface area contributed by atoms with E-state index in [1.54, 1.807) is 12.1 Å². The summed E-state index contributed by atoms with van der Waals surface area (Å²) in [5, 5.41) is 23.2. The van der Waals surface area contributed by atoms with E-state index in [1.165, 1.54) is 6.07 Å². The lowest BCUT2D eigenvalue weighted by Gasteiger charge is -2.48. The number of ketones is 2. The Morgan fingerprint density at radius 2 is 1.40 bits per heavy atom. The fourth-order valence-electron chi connectivity index (χ4n) is 6.34. The topological polar surface area (TPSA) is 133 Å². The van der Waals surface area contributed by atoms with Crippen molar-refractivity contribution < 1.29 is 24.2 Å². The highest BCUT2D eigenvalue weighted by molar-refractivity contribution is 9.11. The van der Waals surface area contributed by atoms with Crippen molar-refractivity contribution in [2.24, 2.45) is 10.8 Å². The SMILES string of the molecule is CN1C2=C(C(=O)CC(C)(C)C2)C(c2cc(Br)cc(Br)c2Oc2ccc([N+](=O)[O-])cc2[N+](=O)[O-])C2=C1CC(C)(C)CC2=O. The minimum Gasteiger partial charge on any atom is -0.449 e. The largest absolute Gasteiger partial charge is 0.449 e. The molecule has 0 aromatic heterocycles. The first-order valence-electron chi connectivity index (χ1n) is 13.4. The number of carbonyl (C=O) groups excluding carboxylic acids is 2. The fourth-order valence-corrected chi connectivity index (χ4v) is 7.68. The van der Waals surface area contributed by atoms with Gasteiger partial charge in [0.15, 0.2) is 11.6 Å². The molecule has 0 fully saturated rings.